The fraction of sp³-hybridized carbons (Fsp3) is 0.375. The van der Waals surface area contributed by atoms with Crippen LogP contribution in [0.2, 0.25) is 0 Å². The Balaban J connectivity index is 1.28. The van der Waals surface area contributed by atoms with Crippen LogP contribution in [0.4, 0.5) is 0 Å². The highest BCUT2D eigenvalue weighted by atomic mass is 16.5. The van der Waals surface area contributed by atoms with Gasteiger partial charge in [-0.2, -0.15) is 0 Å². The van der Waals surface area contributed by atoms with Crippen LogP contribution in [-0.2, 0) is 27.4 Å². The van der Waals surface area contributed by atoms with E-state index in [0.29, 0.717) is 6.54 Å². The van der Waals surface area contributed by atoms with Crippen molar-refractivity contribution in [3.63, 3.8) is 0 Å². The van der Waals surface area contributed by atoms with Gasteiger partial charge in [0, 0.05) is 47.5 Å². The molecule has 41 heavy (non-hydrogen) atoms. The van der Waals surface area contributed by atoms with E-state index >= 15 is 0 Å². The van der Waals surface area contributed by atoms with Gasteiger partial charge in [-0.25, -0.2) is 4.68 Å². The summed E-state index contributed by atoms with van der Waals surface area (Å²) in [6.45, 7) is 4.16. The summed E-state index contributed by atoms with van der Waals surface area (Å²) < 4.78 is 9.70. The number of carbonyl (C=O) groups excluding carboxylic acids is 2. The summed E-state index contributed by atoms with van der Waals surface area (Å²) in [4.78, 5) is 29.9. The maximum Gasteiger partial charge on any atom is 0.247 e. The molecular formula is C32H34N6O3. The molecule has 1 saturated heterocycles. The molecule has 1 N–H and O–H groups in total. The Labute approximate surface area is 238 Å². The fourth-order valence-electron chi connectivity index (χ4n) is 6.29. The smallest absolute Gasteiger partial charge is 0.247 e. The van der Waals surface area contributed by atoms with E-state index in [4.69, 9.17) is 4.74 Å². The molecule has 2 amide bonds. The second kappa shape index (κ2) is 10.6. The van der Waals surface area contributed by atoms with Crippen LogP contribution in [0, 0.1) is 0 Å². The lowest BCUT2D eigenvalue weighted by Gasteiger charge is -2.32. The zero-order valence-corrected chi connectivity index (χ0v) is 23.2. The van der Waals surface area contributed by atoms with Crippen LogP contribution in [0.15, 0.2) is 66.7 Å². The first-order chi connectivity index (χ1) is 20.1. The van der Waals surface area contributed by atoms with Gasteiger partial charge in [-0.3, -0.25) is 9.59 Å². The van der Waals surface area contributed by atoms with Crippen molar-refractivity contribution in [2.75, 3.05) is 13.2 Å². The van der Waals surface area contributed by atoms with E-state index in [1.165, 1.54) is 0 Å². The number of hydrogen-bond acceptors (Lipinski definition) is 5. The van der Waals surface area contributed by atoms with Crippen molar-refractivity contribution in [1.29, 1.82) is 0 Å². The number of rotatable bonds is 9. The van der Waals surface area contributed by atoms with Gasteiger partial charge >= 0.3 is 0 Å². The van der Waals surface area contributed by atoms with Gasteiger partial charge in [0.05, 0.1) is 11.6 Å². The van der Waals surface area contributed by atoms with Gasteiger partial charge in [-0.15, -0.1) is 5.10 Å². The van der Waals surface area contributed by atoms with Crippen LogP contribution in [0.3, 0.4) is 0 Å². The minimum absolute atomic E-state index is 0.00319. The first-order valence-electron chi connectivity index (χ1n) is 14.6. The van der Waals surface area contributed by atoms with Gasteiger partial charge in [0.1, 0.15) is 18.1 Å². The number of benzene rings is 3. The predicted octanol–water partition coefficient (Wildman–Crippen LogP) is 4.59. The Morgan fingerprint density at radius 3 is 2.56 bits per heavy atom. The number of carbonyl (C=O) groups is 2. The number of fused-ring (bicyclic) bond motifs is 4. The van der Waals surface area contributed by atoms with E-state index in [0.717, 1.165) is 77.2 Å². The zero-order chi connectivity index (χ0) is 27.9. The zero-order valence-electron chi connectivity index (χ0n) is 23.2. The number of nitrogens with zero attached hydrogens (tertiary/aromatic N) is 5. The fourth-order valence-corrected chi connectivity index (χ4v) is 6.29. The lowest BCUT2D eigenvalue weighted by atomic mass is 10.0. The van der Waals surface area contributed by atoms with Crippen molar-refractivity contribution >= 4 is 44.7 Å². The maximum atomic E-state index is 14.1. The molecular weight excluding hydrogens is 516 g/mol. The molecule has 0 radical (unpaired) electrons. The third-order valence-electron chi connectivity index (χ3n) is 8.42. The minimum Gasteiger partial charge on any atom is -0.376 e. The second-order valence-electron chi connectivity index (χ2n) is 11.1. The first-order valence-corrected chi connectivity index (χ1v) is 14.6. The van der Waals surface area contributed by atoms with Gasteiger partial charge < -0.3 is 19.5 Å². The molecule has 9 nitrogen and oxygen atoms in total. The minimum atomic E-state index is -0.765. The SMILES string of the molecule is CCn1c2ccccc2c2cc(C(C(=O)NCC3CCCO3)N(C(=O)Cn3nnc4ccccc43)C3CC3)ccc21. The molecule has 5 aromatic rings. The maximum absolute atomic E-state index is 14.1. The van der Waals surface area contributed by atoms with Crippen LogP contribution in [0.1, 0.15) is 44.2 Å². The highest BCUT2D eigenvalue weighted by Crippen LogP contribution is 2.38. The predicted molar refractivity (Wildman–Crippen MR) is 157 cm³/mol. The number of para-hydroxylation sites is 2. The highest BCUT2D eigenvalue weighted by Gasteiger charge is 2.42. The lowest BCUT2D eigenvalue weighted by molar-refractivity contribution is -0.142. The molecule has 0 spiro atoms. The molecule has 1 aliphatic heterocycles. The van der Waals surface area contributed by atoms with E-state index < -0.39 is 6.04 Å². The summed E-state index contributed by atoms with van der Waals surface area (Å²) in [6, 6.07) is 21.4. The van der Waals surface area contributed by atoms with Crippen molar-refractivity contribution in [2.24, 2.45) is 0 Å². The molecule has 1 aliphatic carbocycles. The number of ether oxygens (including phenoxy) is 1. The molecule has 210 valence electrons. The average Bonchev–Trinajstić information content (AvgIpc) is 3.40. The third-order valence-corrected chi connectivity index (χ3v) is 8.42. The molecule has 2 unspecified atom stereocenters. The quantitative estimate of drug-likeness (QED) is 0.290. The van der Waals surface area contributed by atoms with Gasteiger partial charge in [0.2, 0.25) is 11.8 Å². The monoisotopic (exact) mass is 550 g/mol. The molecule has 2 aliphatic rings. The molecule has 1 saturated carbocycles. The third kappa shape index (κ3) is 4.74. The van der Waals surface area contributed by atoms with Crippen molar-refractivity contribution < 1.29 is 14.3 Å². The first kappa shape index (κ1) is 25.7. The molecule has 2 atom stereocenters. The summed E-state index contributed by atoms with van der Waals surface area (Å²) >= 11 is 0. The average molecular weight is 551 g/mol. The Hall–Kier alpha value is -4.24. The summed E-state index contributed by atoms with van der Waals surface area (Å²) in [5.74, 6) is -0.320. The molecule has 3 heterocycles. The molecule has 9 heteroatoms. The lowest BCUT2D eigenvalue weighted by Crippen LogP contribution is -2.47. The Morgan fingerprint density at radius 1 is 1.00 bits per heavy atom. The van der Waals surface area contributed by atoms with Crippen LogP contribution in [-0.4, -0.2) is 61.6 Å². The van der Waals surface area contributed by atoms with Crippen molar-refractivity contribution in [1.82, 2.24) is 29.8 Å². The van der Waals surface area contributed by atoms with Gasteiger partial charge in [-0.05, 0) is 68.5 Å². The largest absolute Gasteiger partial charge is 0.376 e. The van der Waals surface area contributed by atoms with Crippen LogP contribution in [0.25, 0.3) is 32.8 Å². The number of hydrogen-bond donors (Lipinski definition) is 1. The van der Waals surface area contributed by atoms with Crippen molar-refractivity contribution in [3.05, 3.63) is 72.3 Å². The Morgan fingerprint density at radius 2 is 1.78 bits per heavy atom. The van der Waals surface area contributed by atoms with E-state index in [9.17, 15) is 9.59 Å². The number of nitrogens with one attached hydrogen (secondary N) is 1. The summed E-state index contributed by atoms with van der Waals surface area (Å²) in [7, 11) is 0. The summed E-state index contributed by atoms with van der Waals surface area (Å²) in [6.07, 6.45) is 3.68. The molecule has 0 bridgehead atoms. The van der Waals surface area contributed by atoms with Gasteiger partial charge in [0.15, 0.2) is 0 Å². The van der Waals surface area contributed by atoms with E-state index in [-0.39, 0.29) is 30.5 Å². The second-order valence-corrected chi connectivity index (χ2v) is 11.1. The van der Waals surface area contributed by atoms with Crippen molar-refractivity contribution in [2.45, 2.75) is 63.9 Å². The van der Waals surface area contributed by atoms with Crippen LogP contribution < -0.4 is 5.32 Å². The van der Waals surface area contributed by atoms with Gasteiger partial charge in [0.25, 0.3) is 0 Å². The molecule has 2 aromatic heterocycles. The van der Waals surface area contributed by atoms with Gasteiger partial charge in [-0.1, -0.05) is 41.6 Å². The molecule has 7 rings (SSSR count). The molecule has 2 fully saturated rings. The Kier molecular flexibility index (Phi) is 6.66. The van der Waals surface area contributed by atoms with E-state index in [1.807, 2.05) is 36.4 Å². The summed E-state index contributed by atoms with van der Waals surface area (Å²) in [5, 5.41) is 13.8. The Bertz CT molecular complexity index is 1750. The number of aromatic nitrogens is 4. The van der Waals surface area contributed by atoms with Crippen LogP contribution >= 0.6 is 0 Å². The standard InChI is InChI=1S/C32H34N6O3/c1-2-36-27-11-5-3-9-24(27)25-18-21(13-16-28(25)36)31(32(40)33-19-23-8-7-17-41-23)38(22-14-15-22)30(39)20-37-29-12-6-4-10-26(29)34-35-37/h3-6,9-13,16,18,22-23,31H,2,7-8,14-15,17,19-20H2,1H3,(H,33,40). The molecule has 3 aromatic carbocycles. The van der Waals surface area contributed by atoms with Crippen molar-refractivity contribution in [3.8, 4) is 0 Å². The van der Waals surface area contributed by atoms with E-state index in [1.54, 1.807) is 9.58 Å². The normalized spacial score (nSPS) is 17.8. The summed E-state index contributed by atoms with van der Waals surface area (Å²) in [5.41, 5.74) is 4.63. The number of aryl methyl sites for hydroxylation is 1. The topological polar surface area (TPSA) is 94.3 Å². The van der Waals surface area contributed by atoms with E-state index in [2.05, 4.69) is 57.5 Å². The highest BCUT2D eigenvalue weighted by molar-refractivity contribution is 6.08. The van der Waals surface area contributed by atoms with Crippen LogP contribution in [0.5, 0.6) is 0 Å². The number of amides is 2.